The normalized spacial score (nSPS) is 11.0. The summed E-state index contributed by atoms with van der Waals surface area (Å²) < 4.78 is 33.1. The van der Waals surface area contributed by atoms with Crippen LogP contribution in [0.3, 0.4) is 0 Å². The first-order chi connectivity index (χ1) is 10.9. The molecule has 3 aromatic rings. The van der Waals surface area contributed by atoms with Gasteiger partial charge in [0.05, 0.1) is 11.8 Å². The number of aromatic nitrogens is 1. The Kier molecular flexibility index (Phi) is 3.77. The summed E-state index contributed by atoms with van der Waals surface area (Å²) in [4.78, 5) is 17.0. The van der Waals surface area contributed by atoms with Crippen molar-refractivity contribution in [3.8, 4) is 11.3 Å². The van der Waals surface area contributed by atoms with Crippen molar-refractivity contribution in [1.29, 1.82) is 0 Å². The lowest BCUT2D eigenvalue weighted by atomic mass is 10.1. The standard InChI is InChI=1S/C16H11ClF2N2O2/c1-21(2)16(22)8-3-4-9(10(18)5-8)13-6-12-15(23-13)14(17)11(19)7-20-12/h3-7H,1-2H3. The highest BCUT2D eigenvalue weighted by Crippen LogP contribution is 2.33. The maximum atomic E-state index is 14.3. The van der Waals surface area contributed by atoms with Gasteiger partial charge in [0.1, 0.15) is 22.1 Å². The van der Waals surface area contributed by atoms with E-state index in [9.17, 15) is 13.6 Å². The van der Waals surface area contributed by atoms with Crippen molar-refractivity contribution in [2.24, 2.45) is 0 Å². The van der Waals surface area contributed by atoms with Crippen LogP contribution in [0.5, 0.6) is 0 Å². The van der Waals surface area contributed by atoms with Crippen molar-refractivity contribution in [3.05, 3.63) is 52.7 Å². The maximum absolute atomic E-state index is 14.3. The average Bonchev–Trinajstić information content (AvgIpc) is 2.94. The number of hydrogen-bond acceptors (Lipinski definition) is 3. The molecule has 0 bridgehead atoms. The van der Waals surface area contributed by atoms with Crippen molar-refractivity contribution < 1.29 is 18.0 Å². The van der Waals surface area contributed by atoms with Crippen LogP contribution in [0.4, 0.5) is 8.78 Å². The Morgan fingerprint density at radius 3 is 2.61 bits per heavy atom. The molecule has 23 heavy (non-hydrogen) atoms. The Balaban J connectivity index is 2.09. The van der Waals surface area contributed by atoms with Gasteiger partial charge in [-0.2, -0.15) is 0 Å². The molecule has 0 radical (unpaired) electrons. The molecular formula is C16H11ClF2N2O2. The molecule has 0 aliphatic heterocycles. The predicted octanol–water partition coefficient (Wildman–Crippen LogP) is 4.13. The Morgan fingerprint density at radius 2 is 1.96 bits per heavy atom. The predicted molar refractivity (Wildman–Crippen MR) is 82.4 cm³/mol. The van der Waals surface area contributed by atoms with Crippen molar-refractivity contribution in [1.82, 2.24) is 9.88 Å². The molecule has 0 N–H and O–H groups in total. The van der Waals surface area contributed by atoms with Gasteiger partial charge in [0.15, 0.2) is 11.4 Å². The van der Waals surface area contributed by atoms with Crippen molar-refractivity contribution in [3.63, 3.8) is 0 Å². The average molecular weight is 337 g/mol. The molecule has 4 nitrogen and oxygen atoms in total. The molecule has 1 amide bonds. The minimum atomic E-state index is -0.715. The fourth-order valence-corrected chi connectivity index (χ4v) is 2.35. The number of benzene rings is 1. The zero-order valence-electron chi connectivity index (χ0n) is 12.2. The van der Waals surface area contributed by atoms with Crippen LogP contribution in [0, 0.1) is 11.6 Å². The van der Waals surface area contributed by atoms with Gasteiger partial charge in [-0.05, 0) is 18.2 Å². The number of carbonyl (C=O) groups excluding carboxylic acids is 1. The molecule has 2 heterocycles. The van der Waals surface area contributed by atoms with Crippen LogP contribution in [0.2, 0.25) is 5.02 Å². The van der Waals surface area contributed by atoms with Crippen molar-refractivity contribution in [2.45, 2.75) is 0 Å². The lowest BCUT2D eigenvalue weighted by molar-refractivity contribution is 0.0827. The van der Waals surface area contributed by atoms with E-state index in [4.69, 9.17) is 16.0 Å². The fourth-order valence-electron chi connectivity index (χ4n) is 2.16. The SMILES string of the molecule is CN(C)C(=O)c1ccc(-c2cc3ncc(F)c(Cl)c3o2)c(F)c1. The lowest BCUT2D eigenvalue weighted by Gasteiger charge is -2.10. The van der Waals surface area contributed by atoms with Crippen LogP contribution < -0.4 is 0 Å². The minimum Gasteiger partial charge on any atom is -0.453 e. The van der Waals surface area contributed by atoms with Gasteiger partial charge in [0.25, 0.3) is 5.91 Å². The second-order valence-electron chi connectivity index (χ2n) is 5.14. The van der Waals surface area contributed by atoms with E-state index >= 15 is 0 Å². The summed E-state index contributed by atoms with van der Waals surface area (Å²) in [6.07, 6.45) is 0.971. The highest BCUT2D eigenvalue weighted by Gasteiger charge is 2.17. The highest BCUT2D eigenvalue weighted by molar-refractivity contribution is 6.34. The number of halogens is 3. The summed E-state index contributed by atoms with van der Waals surface area (Å²) in [6, 6.07) is 5.50. The summed E-state index contributed by atoms with van der Waals surface area (Å²) in [7, 11) is 3.16. The van der Waals surface area contributed by atoms with Crippen LogP contribution in [0.1, 0.15) is 10.4 Å². The number of hydrogen-bond donors (Lipinski definition) is 0. The van der Waals surface area contributed by atoms with E-state index in [1.807, 2.05) is 0 Å². The van der Waals surface area contributed by atoms with Gasteiger partial charge in [0.2, 0.25) is 0 Å². The number of furan rings is 1. The van der Waals surface area contributed by atoms with Crippen molar-refractivity contribution >= 4 is 28.6 Å². The third-order valence-electron chi connectivity index (χ3n) is 3.33. The number of fused-ring (bicyclic) bond motifs is 1. The van der Waals surface area contributed by atoms with E-state index in [-0.39, 0.29) is 33.4 Å². The van der Waals surface area contributed by atoms with Gasteiger partial charge in [-0.3, -0.25) is 4.79 Å². The van der Waals surface area contributed by atoms with E-state index in [2.05, 4.69) is 4.98 Å². The van der Waals surface area contributed by atoms with E-state index in [0.29, 0.717) is 5.52 Å². The Bertz CT molecular complexity index is 922. The summed E-state index contributed by atoms with van der Waals surface area (Å²) in [6.45, 7) is 0. The molecule has 0 fully saturated rings. The van der Waals surface area contributed by atoms with Crippen LogP contribution in [0.25, 0.3) is 22.4 Å². The molecule has 2 aromatic heterocycles. The molecular weight excluding hydrogens is 326 g/mol. The lowest BCUT2D eigenvalue weighted by Crippen LogP contribution is -2.21. The fraction of sp³-hybridized carbons (Fsp3) is 0.125. The van der Waals surface area contributed by atoms with E-state index in [1.165, 1.54) is 23.1 Å². The molecule has 7 heteroatoms. The second kappa shape index (κ2) is 5.62. The minimum absolute atomic E-state index is 0.0505. The molecule has 0 atom stereocenters. The zero-order valence-corrected chi connectivity index (χ0v) is 13.0. The van der Waals surface area contributed by atoms with Crippen LogP contribution >= 0.6 is 11.6 Å². The van der Waals surface area contributed by atoms with Gasteiger partial charge in [-0.15, -0.1) is 0 Å². The molecule has 0 unspecified atom stereocenters. The first-order valence-corrected chi connectivity index (χ1v) is 7.01. The van der Waals surface area contributed by atoms with Crippen LogP contribution in [-0.2, 0) is 0 Å². The molecule has 0 aliphatic carbocycles. The molecule has 0 saturated carbocycles. The molecule has 118 valence electrons. The number of amides is 1. The summed E-state index contributed by atoms with van der Waals surface area (Å²) >= 11 is 5.82. The zero-order chi connectivity index (χ0) is 16.7. The van der Waals surface area contributed by atoms with Gasteiger partial charge in [-0.25, -0.2) is 13.8 Å². The van der Waals surface area contributed by atoms with Gasteiger partial charge in [0, 0.05) is 25.7 Å². The monoisotopic (exact) mass is 336 g/mol. The van der Waals surface area contributed by atoms with Crippen LogP contribution in [0.15, 0.2) is 34.9 Å². The molecule has 0 spiro atoms. The summed E-state index contributed by atoms with van der Waals surface area (Å²) in [5.41, 5.74) is 0.720. The second-order valence-corrected chi connectivity index (χ2v) is 5.52. The number of carbonyl (C=O) groups is 1. The third-order valence-corrected chi connectivity index (χ3v) is 3.68. The Labute approximate surface area is 135 Å². The van der Waals surface area contributed by atoms with E-state index < -0.39 is 11.6 Å². The molecule has 3 rings (SSSR count). The molecule has 0 aliphatic rings. The summed E-state index contributed by atoms with van der Waals surface area (Å²) in [5.74, 6) is -1.51. The number of nitrogens with zero attached hydrogens (tertiary/aromatic N) is 2. The first-order valence-electron chi connectivity index (χ1n) is 6.63. The smallest absolute Gasteiger partial charge is 0.253 e. The van der Waals surface area contributed by atoms with Gasteiger partial charge in [-0.1, -0.05) is 11.6 Å². The number of pyridine rings is 1. The Hall–Kier alpha value is -2.47. The van der Waals surface area contributed by atoms with Crippen molar-refractivity contribution in [2.75, 3.05) is 14.1 Å². The topological polar surface area (TPSA) is 46.3 Å². The highest BCUT2D eigenvalue weighted by atomic mass is 35.5. The largest absolute Gasteiger partial charge is 0.453 e. The summed E-state index contributed by atoms with van der Waals surface area (Å²) in [5, 5.41) is -0.207. The first kappa shape index (κ1) is 15.4. The van der Waals surface area contributed by atoms with Gasteiger partial charge >= 0.3 is 0 Å². The third kappa shape index (κ3) is 2.66. The maximum Gasteiger partial charge on any atom is 0.253 e. The quantitative estimate of drug-likeness (QED) is 0.707. The molecule has 0 saturated heterocycles. The van der Waals surface area contributed by atoms with Gasteiger partial charge < -0.3 is 9.32 Å². The number of rotatable bonds is 2. The molecule has 1 aromatic carbocycles. The van der Waals surface area contributed by atoms with E-state index in [1.54, 1.807) is 14.1 Å². The Morgan fingerprint density at radius 1 is 1.22 bits per heavy atom. The van der Waals surface area contributed by atoms with E-state index in [0.717, 1.165) is 12.3 Å². The van der Waals surface area contributed by atoms with Crippen LogP contribution in [-0.4, -0.2) is 29.9 Å².